The van der Waals surface area contributed by atoms with E-state index in [4.69, 9.17) is 12.2 Å². The van der Waals surface area contributed by atoms with Crippen LogP contribution in [0.15, 0.2) is 24.3 Å². The molecule has 3 heteroatoms. The number of rotatable bonds is 1. The molecule has 1 aliphatic rings. The fourth-order valence-electron chi connectivity index (χ4n) is 1.81. The van der Waals surface area contributed by atoms with Gasteiger partial charge >= 0.3 is 0 Å². The van der Waals surface area contributed by atoms with Crippen LogP contribution in [-0.4, -0.2) is 10.9 Å². The second kappa shape index (κ2) is 4.11. The van der Waals surface area contributed by atoms with Gasteiger partial charge in [0, 0.05) is 0 Å². The van der Waals surface area contributed by atoms with Crippen LogP contribution in [0, 0.1) is 6.92 Å². The molecule has 1 saturated heterocycles. The Morgan fingerprint density at radius 2 is 2.00 bits per heavy atom. The molecule has 0 aromatic heterocycles. The highest BCUT2D eigenvalue weighted by Crippen LogP contribution is 2.25. The monoisotopic (exact) mass is 219 g/mol. The highest BCUT2D eigenvalue weighted by atomic mass is 32.1. The number of aryl methyl sites for hydroxylation is 1. The molecule has 1 atom stereocenters. The first-order valence-electron chi connectivity index (χ1n) is 5.07. The molecule has 1 unspecified atom stereocenters. The van der Waals surface area contributed by atoms with E-state index in [0.29, 0.717) is 4.99 Å². The standard InChI is InChI=1S/C12H13NOS/c1-8-2-4-9(5-3-8)10-6-7-11(15)13-12(10)14/h2-5,10H,6-7H2,1H3,(H,13,14,15). The van der Waals surface area contributed by atoms with Gasteiger partial charge < -0.3 is 5.32 Å². The Morgan fingerprint density at radius 3 is 2.60 bits per heavy atom. The van der Waals surface area contributed by atoms with Crippen LogP contribution in [-0.2, 0) is 4.79 Å². The van der Waals surface area contributed by atoms with Crippen LogP contribution in [0.3, 0.4) is 0 Å². The van der Waals surface area contributed by atoms with Crippen molar-refractivity contribution < 1.29 is 4.79 Å². The van der Waals surface area contributed by atoms with E-state index in [1.807, 2.05) is 31.2 Å². The molecule has 0 radical (unpaired) electrons. The molecule has 0 bridgehead atoms. The molecule has 1 aliphatic heterocycles. The molecule has 1 heterocycles. The van der Waals surface area contributed by atoms with E-state index in [2.05, 4.69) is 5.32 Å². The molecule has 1 amide bonds. The third-order valence-electron chi connectivity index (χ3n) is 2.72. The average molecular weight is 219 g/mol. The van der Waals surface area contributed by atoms with E-state index in [9.17, 15) is 4.79 Å². The molecule has 0 aliphatic carbocycles. The fourth-order valence-corrected chi connectivity index (χ4v) is 2.03. The molecule has 15 heavy (non-hydrogen) atoms. The number of benzene rings is 1. The summed E-state index contributed by atoms with van der Waals surface area (Å²) in [5, 5.41) is 2.73. The number of amides is 1. The number of hydrogen-bond acceptors (Lipinski definition) is 2. The molecule has 78 valence electrons. The Balaban J connectivity index is 2.20. The Labute approximate surface area is 94.7 Å². The molecule has 0 spiro atoms. The van der Waals surface area contributed by atoms with E-state index in [1.54, 1.807) is 0 Å². The van der Waals surface area contributed by atoms with Crippen LogP contribution in [0.4, 0.5) is 0 Å². The summed E-state index contributed by atoms with van der Waals surface area (Å²) in [6.07, 6.45) is 1.63. The van der Waals surface area contributed by atoms with Crippen molar-refractivity contribution in [3.8, 4) is 0 Å². The van der Waals surface area contributed by atoms with Gasteiger partial charge in [-0.25, -0.2) is 0 Å². The molecule has 1 aromatic carbocycles. The molecule has 0 saturated carbocycles. The number of nitrogens with one attached hydrogen (secondary N) is 1. The largest absolute Gasteiger partial charge is 0.320 e. The van der Waals surface area contributed by atoms with Crippen LogP contribution >= 0.6 is 12.2 Å². The van der Waals surface area contributed by atoms with Crippen molar-refractivity contribution in [1.82, 2.24) is 5.32 Å². The van der Waals surface area contributed by atoms with Crippen LogP contribution in [0.25, 0.3) is 0 Å². The lowest BCUT2D eigenvalue weighted by atomic mass is 9.90. The Kier molecular flexibility index (Phi) is 2.82. The first-order chi connectivity index (χ1) is 7.16. The SMILES string of the molecule is Cc1ccc(C2CCC(=S)NC2=O)cc1. The zero-order valence-electron chi connectivity index (χ0n) is 8.62. The van der Waals surface area contributed by atoms with Crippen LogP contribution in [0.5, 0.6) is 0 Å². The summed E-state index contributed by atoms with van der Waals surface area (Å²) in [5.41, 5.74) is 2.30. The van der Waals surface area contributed by atoms with Gasteiger partial charge in [0.15, 0.2) is 0 Å². The molecule has 1 N–H and O–H groups in total. The van der Waals surface area contributed by atoms with Gasteiger partial charge in [0.1, 0.15) is 0 Å². The molecular formula is C12H13NOS. The lowest BCUT2D eigenvalue weighted by Gasteiger charge is -2.22. The topological polar surface area (TPSA) is 29.1 Å². The summed E-state index contributed by atoms with van der Waals surface area (Å²) in [5.74, 6) is 0.00685. The molecule has 1 aromatic rings. The Morgan fingerprint density at radius 1 is 1.33 bits per heavy atom. The first-order valence-corrected chi connectivity index (χ1v) is 5.48. The number of carbonyl (C=O) groups is 1. The van der Waals surface area contributed by atoms with E-state index in [0.717, 1.165) is 18.4 Å². The predicted molar refractivity (Wildman–Crippen MR) is 63.9 cm³/mol. The minimum absolute atomic E-state index is 0.0303. The minimum Gasteiger partial charge on any atom is -0.320 e. The highest BCUT2D eigenvalue weighted by molar-refractivity contribution is 7.80. The van der Waals surface area contributed by atoms with Crippen LogP contribution in [0.2, 0.25) is 0 Å². The van der Waals surface area contributed by atoms with Crippen LogP contribution in [0.1, 0.15) is 29.9 Å². The van der Waals surface area contributed by atoms with Gasteiger partial charge in [-0.15, -0.1) is 0 Å². The third kappa shape index (κ3) is 2.23. The Hall–Kier alpha value is -1.22. The van der Waals surface area contributed by atoms with E-state index in [-0.39, 0.29) is 11.8 Å². The maximum Gasteiger partial charge on any atom is 0.232 e. The van der Waals surface area contributed by atoms with Crippen molar-refractivity contribution in [2.75, 3.05) is 0 Å². The minimum atomic E-state index is -0.0303. The van der Waals surface area contributed by atoms with Gasteiger partial charge in [0.05, 0.1) is 10.9 Å². The second-order valence-electron chi connectivity index (χ2n) is 3.91. The van der Waals surface area contributed by atoms with Gasteiger partial charge in [-0.05, 0) is 25.3 Å². The van der Waals surface area contributed by atoms with Gasteiger partial charge in [-0.2, -0.15) is 0 Å². The summed E-state index contributed by atoms with van der Waals surface area (Å²) in [6, 6.07) is 8.12. The van der Waals surface area contributed by atoms with Crippen molar-refractivity contribution in [2.24, 2.45) is 0 Å². The van der Waals surface area contributed by atoms with Crippen molar-refractivity contribution in [1.29, 1.82) is 0 Å². The number of thiocarbonyl (C=S) groups is 1. The predicted octanol–water partition coefficient (Wildman–Crippen LogP) is 2.32. The van der Waals surface area contributed by atoms with Gasteiger partial charge in [-0.3, -0.25) is 4.79 Å². The summed E-state index contributed by atoms with van der Waals surface area (Å²) in [6.45, 7) is 2.04. The third-order valence-corrected chi connectivity index (χ3v) is 3.03. The molecular weight excluding hydrogens is 206 g/mol. The van der Waals surface area contributed by atoms with Crippen LogP contribution < -0.4 is 5.32 Å². The summed E-state index contributed by atoms with van der Waals surface area (Å²) >= 11 is 4.97. The van der Waals surface area contributed by atoms with E-state index >= 15 is 0 Å². The second-order valence-corrected chi connectivity index (χ2v) is 4.41. The van der Waals surface area contributed by atoms with Crippen molar-refractivity contribution >= 4 is 23.1 Å². The zero-order chi connectivity index (χ0) is 10.8. The zero-order valence-corrected chi connectivity index (χ0v) is 9.43. The van der Waals surface area contributed by atoms with Crippen molar-refractivity contribution in [3.05, 3.63) is 35.4 Å². The van der Waals surface area contributed by atoms with E-state index in [1.165, 1.54) is 5.56 Å². The lowest BCUT2D eigenvalue weighted by molar-refractivity contribution is -0.121. The number of piperidine rings is 1. The molecule has 2 rings (SSSR count). The summed E-state index contributed by atoms with van der Waals surface area (Å²) in [7, 11) is 0. The fraction of sp³-hybridized carbons (Fsp3) is 0.333. The van der Waals surface area contributed by atoms with Crippen molar-refractivity contribution in [2.45, 2.75) is 25.7 Å². The maximum absolute atomic E-state index is 11.7. The smallest absolute Gasteiger partial charge is 0.232 e. The summed E-state index contributed by atoms with van der Waals surface area (Å²) < 4.78 is 0. The summed E-state index contributed by atoms with van der Waals surface area (Å²) in [4.78, 5) is 12.4. The van der Waals surface area contributed by atoms with Gasteiger partial charge in [-0.1, -0.05) is 42.0 Å². The molecule has 1 fully saturated rings. The van der Waals surface area contributed by atoms with Gasteiger partial charge in [0.25, 0.3) is 0 Å². The lowest BCUT2D eigenvalue weighted by Crippen LogP contribution is -2.38. The maximum atomic E-state index is 11.7. The Bertz CT molecular complexity index is 397. The van der Waals surface area contributed by atoms with Gasteiger partial charge in [0.2, 0.25) is 5.91 Å². The first kappa shape index (κ1) is 10.3. The molecule has 2 nitrogen and oxygen atoms in total. The van der Waals surface area contributed by atoms with Crippen molar-refractivity contribution in [3.63, 3.8) is 0 Å². The normalized spacial score (nSPS) is 21.3. The quantitative estimate of drug-likeness (QED) is 0.734. The van der Waals surface area contributed by atoms with E-state index < -0.39 is 0 Å². The highest BCUT2D eigenvalue weighted by Gasteiger charge is 2.25. The number of hydrogen-bond donors (Lipinski definition) is 1. The number of carbonyl (C=O) groups excluding carboxylic acids is 1. The average Bonchev–Trinajstić information content (AvgIpc) is 2.20.